The van der Waals surface area contributed by atoms with E-state index in [0.717, 1.165) is 30.5 Å². The van der Waals surface area contributed by atoms with Crippen molar-refractivity contribution in [3.05, 3.63) is 42.3 Å². The summed E-state index contributed by atoms with van der Waals surface area (Å²) in [7, 11) is 0. The molecule has 2 heterocycles. The molecule has 0 unspecified atom stereocenters. The third-order valence-corrected chi connectivity index (χ3v) is 5.42. The number of rotatable bonds is 4. The van der Waals surface area contributed by atoms with Crippen molar-refractivity contribution in [2.75, 3.05) is 0 Å². The largest absolute Gasteiger partial charge is 0.480 e. The lowest BCUT2D eigenvalue weighted by molar-refractivity contribution is -0.142. The number of aromatic nitrogens is 1. The first-order valence-electron chi connectivity index (χ1n) is 8.71. The molecule has 1 aromatic heterocycles. The van der Waals surface area contributed by atoms with Gasteiger partial charge in [-0.2, -0.15) is 0 Å². The fraction of sp³-hybridized carbons (Fsp3) is 0.474. The van der Waals surface area contributed by atoms with E-state index >= 15 is 0 Å². The summed E-state index contributed by atoms with van der Waals surface area (Å²) in [5, 5.41) is 9.61. The summed E-state index contributed by atoms with van der Waals surface area (Å²) in [5.74, 6) is 0.397. The average Bonchev–Trinajstić information content (AvgIpc) is 3.21. The van der Waals surface area contributed by atoms with E-state index in [4.69, 9.17) is 4.42 Å². The third kappa shape index (κ3) is 2.84. The summed E-state index contributed by atoms with van der Waals surface area (Å²) in [6.45, 7) is 0.550. The molecule has 4 rings (SSSR count). The van der Waals surface area contributed by atoms with E-state index in [-0.39, 0.29) is 0 Å². The molecule has 2 fully saturated rings. The van der Waals surface area contributed by atoms with Crippen molar-refractivity contribution in [2.24, 2.45) is 5.92 Å². The number of hydrogen-bond acceptors (Lipinski definition) is 4. The Kier molecular flexibility index (Phi) is 4.10. The van der Waals surface area contributed by atoms with E-state index in [1.807, 2.05) is 30.3 Å². The van der Waals surface area contributed by atoms with Crippen LogP contribution in [-0.2, 0) is 11.3 Å². The smallest absolute Gasteiger partial charge is 0.320 e. The minimum absolute atomic E-state index is 0.372. The van der Waals surface area contributed by atoms with E-state index in [2.05, 4.69) is 9.88 Å². The first kappa shape index (κ1) is 15.4. The van der Waals surface area contributed by atoms with Gasteiger partial charge in [-0.15, -0.1) is 0 Å². The molecule has 0 bridgehead atoms. The van der Waals surface area contributed by atoms with E-state index in [9.17, 15) is 9.90 Å². The van der Waals surface area contributed by atoms with Gasteiger partial charge in [0.05, 0.1) is 5.69 Å². The molecule has 1 saturated heterocycles. The predicted octanol–water partition coefficient (Wildman–Crippen LogP) is 3.56. The van der Waals surface area contributed by atoms with E-state index < -0.39 is 12.0 Å². The summed E-state index contributed by atoms with van der Waals surface area (Å²) in [6.07, 6.45) is 7.10. The van der Waals surface area contributed by atoms with Crippen LogP contribution in [0.1, 0.15) is 37.8 Å². The van der Waals surface area contributed by atoms with E-state index in [1.54, 1.807) is 6.26 Å². The van der Waals surface area contributed by atoms with Crippen molar-refractivity contribution < 1.29 is 14.3 Å². The van der Waals surface area contributed by atoms with Gasteiger partial charge in [0.1, 0.15) is 12.3 Å². The van der Waals surface area contributed by atoms with Crippen molar-refractivity contribution in [3.63, 3.8) is 0 Å². The summed E-state index contributed by atoms with van der Waals surface area (Å²) in [6, 6.07) is 9.76. The van der Waals surface area contributed by atoms with Crippen LogP contribution in [0.25, 0.3) is 11.5 Å². The Morgan fingerprint density at radius 1 is 1.25 bits per heavy atom. The van der Waals surface area contributed by atoms with Crippen LogP contribution in [0.2, 0.25) is 0 Å². The Hall–Kier alpha value is -2.14. The molecule has 1 aliphatic heterocycles. The minimum Gasteiger partial charge on any atom is -0.480 e. The molecule has 126 valence electrons. The van der Waals surface area contributed by atoms with Crippen LogP contribution >= 0.6 is 0 Å². The molecule has 5 nitrogen and oxygen atoms in total. The number of likely N-dealkylation sites (tertiary alicyclic amines) is 1. The lowest BCUT2D eigenvalue weighted by Gasteiger charge is -2.32. The van der Waals surface area contributed by atoms with Crippen LogP contribution < -0.4 is 0 Å². The molecule has 1 saturated carbocycles. The zero-order chi connectivity index (χ0) is 16.5. The number of carboxylic acids is 1. The second-order valence-corrected chi connectivity index (χ2v) is 6.88. The molecule has 5 heteroatoms. The fourth-order valence-corrected chi connectivity index (χ4v) is 4.30. The molecule has 0 amide bonds. The van der Waals surface area contributed by atoms with Gasteiger partial charge in [-0.1, -0.05) is 31.0 Å². The van der Waals surface area contributed by atoms with Crippen LogP contribution in [0.5, 0.6) is 0 Å². The molecular formula is C19H22N2O3. The summed E-state index contributed by atoms with van der Waals surface area (Å²) < 4.78 is 5.61. The molecule has 2 aromatic rings. The number of hydrogen-bond donors (Lipinski definition) is 1. The maximum absolute atomic E-state index is 11.7. The number of aliphatic carboxylic acids is 1. The Balaban J connectivity index is 1.55. The number of fused-ring (bicyclic) bond motifs is 1. The minimum atomic E-state index is -0.712. The summed E-state index contributed by atoms with van der Waals surface area (Å²) in [4.78, 5) is 18.4. The lowest BCUT2D eigenvalue weighted by Crippen LogP contribution is -2.41. The zero-order valence-electron chi connectivity index (χ0n) is 13.6. The Morgan fingerprint density at radius 3 is 2.83 bits per heavy atom. The van der Waals surface area contributed by atoms with Crippen LogP contribution in [0.4, 0.5) is 0 Å². The van der Waals surface area contributed by atoms with E-state index in [0.29, 0.717) is 24.4 Å². The van der Waals surface area contributed by atoms with Gasteiger partial charge in [0.25, 0.3) is 0 Å². The van der Waals surface area contributed by atoms with Crippen molar-refractivity contribution in [1.82, 2.24) is 9.88 Å². The molecule has 24 heavy (non-hydrogen) atoms. The van der Waals surface area contributed by atoms with Crippen molar-refractivity contribution >= 4 is 5.97 Å². The van der Waals surface area contributed by atoms with E-state index in [1.165, 1.54) is 12.8 Å². The van der Waals surface area contributed by atoms with Gasteiger partial charge in [0.15, 0.2) is 0 Å². The second kappa shape index (κ2) is 6.40. The number of benzene rings is 1. The SMILES string of the molecule is O=C(O)[C@@H]1C[C@H]2CCCC[C@H]2N1Cc1coc(-c2ccccc2)n1. The van der Waals surface area contributed by atoms with Gasteiger partial charge >= 0.3 is 5.97 Å². The Morgan fingerprint density at radius 2 is 2.04 bits per heavy atom. The number of nitrogens with zero attached hydrogens (tertiary/aromatic N) is 2. The first-order chi connectivity index (χ1) is 11.7. The van der Waals surface area contributed by atoms with Gasteiger partial charge in [0, 0.05) is 18.2 Å². The second-order valence-electron chi connectivity index (χ2n) is 6.88. The van der Waals surface area contributed by atoms with Crippen molar-refractivity contribution in [1.29, 1.82) is 0 Å². The lowest BCUT2D eigenvalue weighted by atomic mass is 9.85. The number of oxazole rings is 1. The molecular weight excluding hydrogens is 304 g/mol. The molecule has 0 radical (unpaired) electrons. The van der Waals surface area contributed by atoms with Gasteiger partial charge in [-0.25, -0.2) is 4.98 Å². The van der Waals surface area contributed by atoms with Crippen LogP contribution in [0.3, 0.4) is 0 Å². The topological polar surface area (TPSA) is 66.6 Å². The number of carboxylic acid groups (broad SMARTS) is 1. The highest BCUT2D eigenvalue weighted by atomic mass is 16.4. The normalized spacial score (nSPS) is 27.1. The highest BCUT2D eigenvalue weighted by molar-refractivity contribution is 5.74. The quantitative estimate of drug-likeness (QED) is 0.930. The standard InChI is InChI=1S/C19H22N2O3/c22-19(23)17-10-14-8-4-5-9-16(14)21(17)11-15-12-24-18(20-15)13-6-2-1-3-7-13/h1-3,6-7,12,14,16-17H,4-5,8-11H2,(H,22,23)/t14-,16-,17+/m1/s1. The number of carbonyl (C=O) groups is 1. The van der Waals surface area contributed by atoms with Crippen molar-refractivity contribution in [2.45, 2.75) is 50.7 Å². The third-order valence-electron chi connectivity index (χ3n) is 5.42. The first-order valence-corrected chi connectivity index (χ1v) is 8.71. The Labute approximate surface area is 141 Å². The highest BCUT2D eigenvalue weighted by Crippen LogP contribution is 2.40. The maximum Gasteiger partial charge on any atom is 0.320 e. The van der Waals surface area contributed by atoms with Crippen LogP contribution in [-0.4, -0.2) is 33.0 Å². The van der Waals surface area contributed by atoms with Gasteiger partial charge < -0.3 is 9.52 Å². The maximum atomic E-state index is 11.7. The molecule has 1 N–H and O–H groups in total. The van der Waals surface area contributed by atoms with Gasteiger partial charge in [-0.05, 0) is 37.3 Å². The average molecular weight is 326 g/mol. The van der Waals surface area contributed by atoms with Crippen LogP contribution in [0.15, 0.2) is 41.0 Å². The molecule has 3 atom stereocenters. The molecule has 0 spiro atoms. The van der Waals surface area contributed by atoms with Crippen molar-refractivity contribution in [3.8, 4) is 11.5 Å². The summed E-state index contributed by atoms with van der Waals surface area (Å²) in [5.41, 5.74) is 1.75. The molecule has 2 aliphatic rings. The van der Waals surface area contributed by atoms with Gasteiger partial charge in [-0.3, -0.25) is 9.69 Å². The monoisotopic (exact) mass is 326 g/mol. The van der Waals surface area contributed by atoms with Crippen LogP contribution in [0, 0.1) is 5.92 Å². The Bertz CT molecular complexity index is 712. The highest BCUT2D eigenvalue weighted by Gasteiger charge is 2.45. The van der Waals surface area contributed by atoms with Gasteiger partial charge in [0.2, 0.25) is 5.89 Å². The predicted molar refractivity (Wildman–Crippen MR) is 89.3 cm³/mol. The molecule has 1 aliphatic carbocycles. The fourth-order valence-electron chi connectivity index (χ4n) is 4.30. The zero-order valence-corrected chi connectivity index (χ0v) is 13.6. The molecule has 1 aromatic carbocycles. The summed E-state index contributed by atoms with van der Waals surface area (Å²) >= 11 is 0.